The maximum absolute atomic E-state index is 13.5. The maximum atomic E-state index is 13.5. The molecule has 0 amide bonds. The standard InChI is InChI=1S/C14H15FN2O/c1-10-4-11(8-17-7-10)9-18-13-3-2-12(6-16)14(15)5-13/h2-5,7-8H,6,9,16H2,1H3. The van der Waals surface area contributed by atoms with E-state index in [4.69, 9.17) is 10.5 Å². The van der Waals surface area contributed by atoms with Crippen LogP contribution in [0.4, 0.5) is 4.39 Å². The Labute approximate surface area is 105 Å². The van der Waals surface area contributed by atoms with Gasteiger partial charge in [-0.3, -0.25) is 4.98 Å². The van der Waals surface area contributed by atoms with Crippen molar-refractivity contribution in [3.8, 4) is 5.75 Å². The van der Waals surface area contributed by atoms with Crippen LogP contribution in [-0.2, 0) is 13.2 Å². The van der Waals surface area contributed by atoms with Gasteiger partial charge in [0.2, 0.25) is 0 Å². The number of ether oxygens (including phenoxy) is 1. The summed E-state index contributed by atoms with van der Waals surface area (Å²) >= 11 is 0. The Kier molecular flexibility index (Phi) is 3.89. The molecule has 3 nitrogen and oxygen atoms in total. The molecule has 0 radical (unpaired) electrons. The summed E-state index contributed by atoms with van der Waals surface area (Å²) in [6.07, 6.45) is 3.51. The summed E-state index contributed by atoms with van der Waals surface area (Å²) in [5.74, 6) is 0.156. The third-order valence-corrected chi connectivity index (χ3v) is 2.58. The van der Waals surface area contributed by atoms with Gasteiger partial charge in [-0.1, -0.05) is 6.07 Å². The van der Waals surface area contributed by atoms with Gasteiger partial charge in [-0.05, 0) is 24.6 Å². The number of aryl methyl sites for hydroxylation is 1. The Morgan fingerprint density at radius 2 is 2.11 bits per heavy atom. The number of rotatable bonds is 4. The Morgan fingerprint density at radius 3 is 2.78 bits per heavy atom. The second-order valence-electron chi connectivity index (χ2n) is 4.12. The normalized spacial score (nSPS) is 10.4. The predicted molar refractivity (Wildman–Crippen MR) is 67.6 cm³/mol. The van der Waals surface area contributed by atoms with E-state index in [2.05, 4.69) is 4.98 Å². The number of halogens is 1. The summed E-state index contributed by atoms with van der Waals surface area (Å²) in [7, 11) is 0. The molecule has 0 saturated heterocycles. The van der Waals surface area contributed by atoms with Crippen LogP contribution >= 0.6 is 0 Å². The van der Waals surface area contributed by atoms with E-state index >= 15 is 0 Å². The number of nitrogens with two attached hydrogens (primary N) is 1. The molecule has 0 aliphatic heterocycles. The number of hydrogen-bond donors (Lipinski definition) is 1. The zero-order chi connectivity index (χ0) is 13.0. The Hall–Kier alpha value is -1.94. The van der Waals surface area contributed by atoms with Crippen LogP contribution in [0.25, 0.3) is 0 Å². The molecule has 0 saturated carbocycles. The van der Waals surface area contributed by atoms with Crippen molar-refractivity contribution < 1.29 is 9.13 Å². The minimum absolute atomic E-state index is 0.188. The molecular weight excluding hydrogens is 231 g/mol. The summed E-state index contributed by atoms with van der Waals surface area (Å²) in [6, 6.07) is 6.69. The smallest absolute Gasteiger partial charge is 0.131 e. The van der Waals surface area contributed by atoms with Crippen LogP contribution in [0, 0.1) is 12.7 Å². The molecule has 0 aliphatic rings. The number of nitrogens with zero attached hydrogens (tertiary/aromatic N) is 1. The van der Waals surface area contributed by atoms with E-state index in [9.17, 15) is 4.39 Å². The lowest BCUT2D eigenvalue weighted by Gasteiger charge is -2.08. The molecule has 2 aromatic rings. The summed E-state index contributed by atoms with van der Waals surface area (Å²) in [6.45, 7) is 2.52. The zero-order valence-corrected chi connectivity index (χ0v) is 10.2. The van der Waals surface area contributed by atoms with E-state index in [0.29, 0.717) is 17.9 Å². The van der Waals surface area contributed by atoms with E-state index < -0.39 is 0 Å². The van der Waals surface area contributed by atoms with E-state index in [1.807, 2.05) is 13.0 Å². The van der Waals surface area contributed by atoms with Gasteiger partial charge in [-0.15, -0.1) is 0 Å². The molecule has 2 rings (SSSR count). The first-order chi connectivity index (χ1) is 8.69. The fraction of sp³-hybridized carbons (Fsp3) is 0.214. The molecule has 94 valence electrons. The van der Waals surface area contributed by atoms with Crippen LogP contribution in [0.5, 0.6) is 5.75 Å². The minimum Gasteiger partial charge on any atom is -0.489 e. The van der Waals surface area contributed by atoms with Gasteiger partial charge in [0, 0.05) is 36.1 Å². The molecule has 0 aliphatic carbocycles. The van der Waals surface area contributed by atoms with Crippen LogP contribution in [0.2, 0.25) is 0 Å². The Balaban J connectivity index is 2.04. The Morgan fingerprint density at radius 1 is 1.28 bits per heavy atom. The molecular formula is C14H15FN2O. The van der Waals surface area contributed by atoms with Gasteiger partial charge in [-0.25, -0.2) is 4.39 Å². The zero-order valence-electron chi connectivity index (χ0n) is 10.2. The van der Waals surface area contributed by atoms with Crippen LogP contribution in [-0.4, -0.2) is 4.98 Å². The average molecular weight is 246 g/mol. The summed E-state index contributed by atoms with van der Waals surface area (Å²) < 4.78 is 19.0. The highest BCUT2D eigenvalue weighted by Gasteiger charge is 2.03. The monoisotopic (exact) mass is 246 g/mol. The lowest BCUT2D eigenvalue weighted by Crippen LogP contribution is -2.01. The van der Waals surface area contributed by atoms with Gasteiger partial charge >= 0.3 is 0 Å². The second kappa shape index (κ2) is 5.60. The van der Waals surface area contributed by atoms with Gasteiger partial charge in [0.05, 0.1) is 0 Å². The van der Waals surface area contributed by atoms with Crippen molar-refractivity contribution in [3.05, 3.63) is 59.2 Å². The molecule has 0 atom stereocenters. The third kappa shape index (κ3) is 3.05. The highest BCUT2D eigenvalue weighted by Crippen LogP contribution is 2.17. The molecule has 2 N–H and O–H groups in total. The van der Waals surface area contributed by atoms with Crippen molar-refractivity contribution in [1.29, 1.82) is 0 Å². The summed E-state index contributed by atoms with van der Waals surface area (Å²) in [5.41, 5.74) is 7.91. The van der Waals surface area contributed by atoms with E-state index in [-0.39, 0.29) is 12.4 Å². The quantitative estimate of drug-likeness (QED) is 0.902. The highest BCUT2D eigenvalue weighted by molar-refractivity contribution is 5.29. The van der Waals surface area contributed by atoms with Gasteiger partial charge in [0.1, 0.15) is 18.2 Å². The van der Waals surface area contributed by atoms with Crippen molar-refractivity contribution in [3.63, 3.8) is 0 Å². The second-order valence-corrected chi connectivity index (χ2v) is 4.12. The van der Waals surface area contributed by atoms with Gasteiger partial charge in [0.25, 0.3) is 0 Å². The van der Waals surface area contributed by atoms with Crippen molar-refractivity contribution in [1.82, 2.24) is 4.98 Å². The lowest BCUT2D eigenvalue weighted by molar-refractivity contribution is 0.304. The first kappa shape index (κ1) is 12.5. The van der Waals surface area contributed by atoms with Crippen LogP contribution in [0.1, 0.15) is 16.7 Å². The van der Waals surface area contributed by atoms with Gasteiger partial charge in [0.15, 0.2) is 0 Å². The number of hydrogen-bond acceptors (Lipinski definition) is 3. The van der Waals surface area contributed by atoms with Gasteiger partial charge in [-0.2, -0.15) is 0 Å². The first-order valence-electron chi connectivity index (χ1n) is 5.71. The van der Waals surface area contributed by atoms with Gasteiger partial charge < -0.3 is 10.5 Å². The first-order valence-corrected chi connectivity index (χ1v) is 5.71. The van der Waals surface area contributed by atoms with Crippen LogP contribution in [0.15, 0.2) is 36.7 Å². The molecule has 1 aromatic carbocycles. The Bertz CT molecular complexity index is 543. The SMILES string of the molecule is Cc1cncc(COc2ccc(CN)c(F)c2)c1. The fourth-order valence-electron chi connectivity index (χ4n) is 1.65. The summed E-state index contributed by atoms with van der Waals surface area (Å²) in [4.78, 5) is 4.07. The number of benzene rings is 1. The predicted octanol–water partition coefficient (Wildman–Crippen LogP) is 2.57. The molecule has 1 heterocycles. The molecule has 0 fully saturated rings. The van der Waals surface area contributed by atoms with Crippen molar-refractivity contribution >= 4 is 0 Å². The highest BCUT2D eigenvalue weighted by atomic mass is 19.1. The van der Waals surface area contributed by atoms with E-state index in [1.54, 1.807) is 24.5 Å². The molecule has 0 spiro atoms. The van der Waals surface area contributed by atoms with E-state index in [0.717, 1.165) is 11.1 Å². The maximum Gasteiger partial charge on any atom is 0.131 e. The van der Waals surface area contributed by atoms with Crippen molar-refractivity contribution in [2.45, 2.75) is 20.1 Å². The average Bonchev–Trinajstić information content (AvgIpc) is 2.37. The van der Waals surface area contributed by atoms with Crippen molar-refractivity contribution in [2.75, 3.05) is 0 Å². The molecule has 1 aromatic heterocycles. The molecule has 4 heteroatoms. The topological polar surface area (TPSA) is 48.1 Å². The fourth-order valence-corrected chi connectivity index (χ4v) is 1.65. The third-order valence-electron chi connectivity index (χ3n) is 2.58. The molecule has 0 bridgehead atoms. The summed E-state index contributed by atoms with van der Waals surface area (Å²) in [5, 5.41) is 0. The minimum atomic E-state index is -0.336. The van der Waals surface area contributed by atoms with Crippen LogP contribution in [0.3, 0.4) is 0 Å². The van der Waals surface area contributed by atoms with Crippen LogP contribution < -0.4 is 10.5 Å². The number of aromatic nitrogens is 1. The largest absolute Gasteiger partial charge is 0.489 e. The molecule has 0 unspecified atom stereocenters. The molecule has 18 heavy (non-hydrogen) atoms. The van der Waals surface area contributed by atoms with E-state index in [1.165, 1.54) is 6.07 Å². The number of pyridine rings is 1. The van der Waals surface area contributed by atoms with Crippen molar-refractivity contribution in [2.24, 2.45) is 5.73 Å². The lowest BCUT2D eigenvalue weighted by atomic mass is 10.2.